The van der Waals surface area contributed by atoms with Gasteiger partial charge in [0.1, 0.15) is 5.75 Å². The first-order valence-corrected chi connectivity index (χ1v) is 9.99. The van der Waals surface area contributed by atoms with Crippen LogP contribution in [-0.2, 0) is 9.84 Å². The molecule has 3 rings (SSSR count). The zero-order valence-electron chi connectivity index (χ0n) is 15.3. The maximum atomic E-state index is 12.7. The summed E-state index contributed by atoms with van der Waals surface area (Å²) in [6.45, 7) is 7.18. The van der Waals surface area contributed by atoms with E-state index >= 15 is 0 Å². The molecular weight excluding hydrogens is 443 g/mol. The summed E-state index contributed by atoms with van der Waals surface area (Å²) in [6.07, 6.45) is -4.15. The molecule has 1 heterocycles. The minimum Gasteiger partial charge on any atom is -0.476 e. The fourth-order valence-electron chi connectivity index (χ4n) is 2.78. The summed E-state index contributed by atoms with van der Waals surface area (Å²) >= 11 is 0. The fourth-order valence-corrected chi connectivity index (χ4v) is 3.69. The predicted molar refractivity (Wildman–Crippen MR) is 100 cm³/mol. The Kier molecular flexibility index (Phi) is 5.20. The maximum Gasteiger partial charge on any atom is 0.573 e. The summed E-state index contributed by atoms with van der Waals surface area (Å²) in [5.74, 6) is -2.31. The minimum atomic E-state index is -4.94. The van der Waals surface area contributed by atoms with E-state index in [0.29, 0.717) is 0 Å². The summed E-state index contributed by atoms with van der Waals surface area (Å²) in [5, 5.41) is 12.5. The van der Waals surface area contributed by atoms with Crippen molar-refractivity contribution >= 4 is 32.4 Å². The van der Waals surface area contributed by atoms with Gasteiger partial charge >= 0.3 is 12.3 Å². The second-order valence-corrected chi connectivity index (χ2v) is 8.14. The molecule has 0 spiro atoms. The lowest BCUT2D eigenvalue weighted by Gasteiger charge is -2.14. The van der Waals surface area contributed by atoms with Crippen LogP contribution < -0.4 is 10.2 Å². The summed E-state index contributed by atoms with van der Waals surface area (Å²) in [4.78, 5) is 26.8. The van der Waals surface area contributed by atoms with E-state index in [1.54, 1.807) is 0 Å². The number of aromatic nitrogens is 2. The second-order valence-electron chi connectivity index (χ2n) is 6.16. The number of sulfone groups is 1. The highest BCUT2D eigenvalue weighted by molar-refractivity contribution is 7.91. The van der Waals surface area contributed by atoms with E-state index in [4.69, 9.17) is 6.57 Å². The van der Waals surface area contributed by atoms with Crippen molar-refractivity contribution in [3.63, 3.8) is 0 Å². The van der Waals surface area contributed by atoms with Crippen molar-refractivity contribution < 1.29 is 36.2 Å². The Morgan fingerprint density at radius 2 is 1.84 bits per heavy atom. The minimum absolute atomic E-state index is 0.0105. The van der Waals surface area contributed by atoms with Crippen LogP contribution in [0.15, 0.2) is 46.1 Å². The molecule has 0 fully saturated rings. The van der Waals surface area contributed by atoms with Gasteiger partial charge in [0.05, 0.1) is 28.1 Å². The fraction of sp³-hybridized carbons (Fsp3) is 0.111. The van der Waals surface area contributed by atoms with Gasteiger partial charge in [0.2, 0.25) is 11.1 Å². The number of hydrogen-bond acceptors (Lipinski definition) is 6. The quantitative estimate of drug-likeness (QED) is 0.603. The number of fused-ring (bicyclic) bond motifs is 1. The van der Waals surface area contributed by atoms with Crippen molar-refractivity contribution in [3.8, 4) is 11.4 Å². The van der Waals surface area contributed by atoms with E-state index < -0.39 is 49.3 Å². The molecule has 31 heavy (non-hydrogen) atoms. The number of rotatable bonds is 4. The molecule has 13 heteroatoms. The van der Waals surface area contributed by atoms with Crippen molar-refractivity contribution in [2.45, 2.75) is 11.3 Å². The Bertz CT molecular complexity index is 1420. The molecule has 0 saturated heterocycles. The van der Waals surface area contributed by atoms with Gasteiger partial charge in [0.25, 0.3) is 0 Å². The maximum absolute atomic E-state index is 12.7. The highest BCUT2D eigenvalue weighted by Crippen LogP contribution is 2.29. The van der Waals surface area contributed by atoms with Crippen LogP contribution >= 0.6 is 0 Å². The first kappa shape index (κ1) is 21.8. The van der Waals surface area contributed by atoms with Gasteiger partial charge < -0.3 is 9.84 Å². The van der Waals surface area contributed by atoms with Crippen LogP contribution in [-0.4, -0.2) is 41.9 Å². The van der Waals surface area contributed by atoms with Crippen LogP contribution in [0.1, 0.15) is 10.5 Å². The summed E-state index contributed by atoms with van der Waals surface area (Å²) in [7, 11) is -4.08. The van der Waals surface area contributed by atoms with Gasteiger partial charge in [0.15, 0.2) is 15.5 Å². The van der Waals surface area contributed by atoms with E-state index in [1.165, 1.54) is 0 Å². The Morgan fingerprint density at radius 3 is 2.32 bits per heavy atom. The van der Waals surface area contributed by atoms with E-state index in [9.17, 15) is 36.3 Å². The molecule has 1 N–H and O–H groups in total. The SMILES string of the molecule is [C-]#[N+]c1cc(S(C)(=O)=O)c2c(=O)c(C(=O)O)nn(-c3ccc(OC(F)(F)F)cc3)c2c1. The summed E-state index contributed by atoms with van der Waals surface area (Å²) in [6, 6.07) is 6.08. The number of carbonyl (C=O) groups is 1. The van der Waals surface area contributed by atoms with Gasteiger partial charge in [-0.2, -0.15) is 5.10 Å². The molecule has 1 aromatic heterocycles. The van der Waals surface area contributed by atoms with Gasteiger partial charge in [0, 0.05) is 6.26 Å². The molecule has 9 nitrogen and oxygen atoms in total. The standard InChI is InChI=1S/C18H10F3N3O6S/c1-22-9-7-12-14(13(8-9)31(2,28)29)16(25)15(17(26)27)23-24(12)10-3-5-11(6-4-10)30-18(19,20)21/h3-8H,2H3,(H,26,27). The average Bonchev–Trinajstić information content (AvgIpc) is 2.66. The molecule has 0 aliphatic carbocycles. The topological polar surface area (TPSA) is 120 Å². The third-order valence-corrected chi connectivity index (χ3v) is 5.10. The van der Waals surface area contributed by atoms with Crippen LogP contribution in [0.25, 0.3) is 21.4 Å². The summed E-state index contributed by atoms with van der Waals surface area (Å²) < 4.78 is 66.2. The molecule has 0 aliphatic heterocycles. The van der Waals surface area contributed by atoms with Crippen LogP contribution in [0.5, 0.6) is 5.75 Å². The van der Waals surface area contributed by atoms with E-state index in [0.717, 1.165) is 47.3 Å². The molecule has 0 aliphatic rings. The van der Waals surface area contributed by atoms with Gasteiger partial charge in [-0.15, -0.1) is 13.2 Å². The molecular formula is C18H10F3N3O6S. The van der Waals surface area contributed by atoms with Crippen molar-refractivity contribution in [2.75, 3.05) is 6.26 Å². The van der Waals surface area contributed by atoms with Crippen LogP contribution in [0.3, 0.4) is 0 Å². The smallest absolute Gasteiger partial charge is 0.476 e. The van der Waals surface area contributed by atoms with Crippen molar-refractivity contribution in [3.05, 3.63) is 63.7 Å². The zero-order chi connectivity index (χ0) is 23.1. The monoisotopic (exact) mass is 453 g/mol. The molecule has 0 amide bonds. The molecule has 2 aromatic carbocycles. The molecule has 160 valence electrons. The van der Waals surface area contributed by atoms with Crippen LogP contribution in [0.4, 0.5) is 18.9 Å². The highest BCUT2D eigenvalue weighted by atomic mass is 32.2. The molecule has 3 aromatic rings. The van der Waals surface area contributed by atoms with Gasteiger partial charge in [-0.05, 0) is 36.4 Å². The predicted octanol–water partition coefficient (Wildman–Crippen LogP) is 2.94. The number of aromatic carboxylic acids is 1. The summed E-state index contributed by atoms with van der Waals surface area (Å²) in [5.41, 5.74) is -2.60. The van der Waals surface area contributed by atoms with Crippen molar-refractivity contribution in [1.82, 2.24) is 9.78 Å². The van der Waals surface area contributed by atoms with E-state index in [1.807, 2.05) is 0 Å². The highest BCUT2D eigenvalue weighted by Gasteiger charge is 2.31. The lowest BCUT2D eigenvalue weighted by Crippen LogP contribution is -2.24. The third kappa shape index (κ3) is 4.33. The molecule has 0 atom stereocenters. The number of hydrogen-bond donors (Lipinski definition) is 1. The number of halogens is 3. The number of carboxylic acid groups (broad SMARTS) is 1. The van der Waals surface area contributed by atoms with Gasteiger partial charge in [-0.1, -0.05) is 0 Å². The normalized spacial score (nSPS) is 11.8. The molecule has 0 bridgehead atoms. The zero-order valence-corrected chi connectivity index (χ0v) is 16.2. The first-order chi connectivity index (χ1) is 14.3. The average molecular weight is 453 g/mol. The Labute approximate surface area is 171 Å². The number of nitrogens with zero attached hydrogens (tertiary/aromatic N) is 3. The van der Waals surface area contributed by atoms with Gasteiger partial charge in [-0.3, -0.25) is 4.79 Å². The molecule has 0 radical (unpaired) electrons. The van der Waals surface area contributed by atoms with Crippen LogP contribution in [0.2, 0.25) is 0 Å². The Hall–Kier alpha value is -3.92. The van der Waals surface area contributed by atoms with Crippen molar-refractivity contribution in [2.24, 2.45) is 0 Å². The number of carboxylic acids is 1. The lowest BCUT2D eigenvalue weighted by molar-refractivity contribution is -0.274. The third-order valence-electron chi connectivity index (χ3n) is 3.98. The van der Waals surface area contributed by atoms with Gasteiger partial charge in [-0.25, -0.2) is 22.7 Å². The Morgan fingerprint density at radius 1 is 1.23 bits per heavy atom. The van der Waals surface area contributed by atoms with Crippen molar-refractivity contribution in [1.29, 1.82) is 0 Å². The van der Waals surface area contributed by atoms with E-state index in [2.05, 4.69) is 14.7 Å². The molecule has 0 saturated carbocycles. The number of ether oxygens (including phenoxy) is 1. The number of alkyl halides is 3. The van der Waals surface area contributed by atoms with E-state index in [-0.39, 0.29) is 16.9 Å². The van der Waals surface area contributed by atoms with Crippen LogP contribution in [0, 0.1) is 6.57 Å². The number of benzene rings is 2. The first-order valence-electron chi connectivity index (χ1n) is 8.10. The lowest BCUT2D eigenvalue weighted by atomic mass is 10.1. The second kappa shape index (κ2) is 7.40. The largest absolute Gasteiger partial charge is 0.573 e. The molecule has 0 unspecified atom stereocenters. The Balaban J connectivity index is 2.41.